The van der Waals surface area contributed by atoms with Crippen molar-refractivity contribution in [2.24, 2.45) is 0 Å². The molecule has 3 heterocycles. The van der Waals surface area contributed by atoms with Crippen LogP contribution in [0.25, 0.3) is 0 Å². The SMILES string of the molecule is CCCNc1nc(Sc2ncn[nH]2)nc(N2CCCC2)n1. The molecule has 112 valence electrons. The lowest BCUT2D eigenvalue weighted by molar-refractivity contribution is 0.817. The molecule has 2 N–H and O–H groups in total. The average Bonchev–Trinajstić information content (AvgIpc) is 3.18. The van der Waals surface area contributed by atoms with Gasteiger partial charge in [-0.15, -0.1) is 0 Å². The van der Waals surface area contributed by atoms with Gasteiger partial charge in [0.25, 0.3) is 0 Å². The van der Waals surface area contributed by atoms with Crippen molar-refractivity contribution in [2.75, 3.05) is 29.9 Å². The highest BCUT2D eigenvalue weighted by Gasteiger charge is 2.18. The second-order valence-electron chi connectivity index (χ2n) is 4.76. The first-order chi connectivity index (χ1) is 10.3. The van der Waals surface area contributed by atoms with Crippen molar-refractivity contribution in [1.29, 1.82) is 0 Å². The molecule has 1 aliphatic heterocycles. The quantitative estimate of drug-likeness (QED) is 0.830. The summed E-state index contributed by atoms with van der Waals surface area (Å²) in [5.74, 6) is 1.36. The first-order valence-electron chi connectivity index (χ1n) is 7.13. The highest BCUT2D eigenvalue weighted by Crippen LogP contribution is 2.24. The van der Waals surface area contributed by atoms with Crippen LogP contribution in [-0.2, 0) is 0 Å². The minimum Gasteiger partial charge on any atom is -0.354 e. The summed E-state index contributed by atoms with van der Waals surface area (Å²) < 4.78 is 0. The van der Waals surface area contributed by atoms with E-state index in [4.69, 9.17) is 0 Å². The Morgan fingerprint density at radius 3 is 2.86 bits per heavy atom. The van der Waals surface area contributed by atoms with Gasteiger partial charge >= 0.3 is 0 Å². The zero-order valence-corrected chi connectivity index (χ0v) is 12.7. The average molecular weight is 306 g/mol. The van der Waals surface area contributed by atoms with Gasteiger partial charge in [-0.2, -0.15) is 20.1 Å². The topological polar surface area (TPSA) is 95.5 Å². The Balaban J connectivity index is 1.84. The van der Waals surface area contributed by atoms with Gasteiger partial charge in [0, 0.05) is 19.6 Å². The van der Waals surface area contributed by atoms with Crippen molar-refractivity contribution in [3.8, 4) is 0 Å². The number of H-pyrrole nitrogens is 1. The van der Waals surface area contributed by atoms with Crippen LogP contribution in [0.2, 0.25) is 0 Å². The minimum absolute atomic E-state index is 0.621. The van der Waals surface area contributed by atoms with Crippen LogP contribution in [0.1, 0.15) is 26.2 Å². The molecule has 0 unspecified atom stereocenters. The molecule has 0 bridgehead atoms. The summed E-state index contributed by atoms with van der Waals surface area (Å²) in [6.07, 6.45) is 4.87. The molecule has 0 aromatic carbocycles. The van der Waals surface area contributed by atoms with Gasteiger partial charge in [0.05, 0.1) is 0 Å². The molecule has 2 aromatic heterocycles. The van der Waals surface area contributed by atoms with Gasteiger partial charge < -0.3 is 10.2 Å². The number of aromatic amines is 1. The summed E-state index contributed by atoms with van der Waals surface area (Å²) in [5.41, 5.74) is 0. The van der Waals surface area contributed by atoms with Gasteiger partial charge in [-0.3, -0.25) is 5.10 Å². The van der Waals surface area contributed by atoms with Gasteiger partial charge in [0.15, 0.2) is 5.16 Å². The summed E-state index contributed by atoms with van der Waals surface area (Å²) in [5, 5.41) is 11.2. The fourth-order valence-corrected chi connectivity index (χ4v) is 2.73. The molecular weight excluding hydrogens is 288 g/mol. The molecule has 21 heavy (non-hydrogen) atoms. The van der Waals surface area contributed by atoms with Crippen molar-refractivity contribution >= 4 is 23.7 Å². The van der Waals surface area contributed by atoms with E-state index in [0.29, 0.717) is 16.3 Å². The van der Waals surface area contributed by atoms with Gasteiger partial charge in [0.1, 0.15) is 6.33 Å². The van der Waals surface area contributed by atoms with Crippen LogP contribution < -0.4 is 10.2 Å². The predicted octanol–water partition coefficient (Wildman–Crippen LogP) is 1.56. The van der Waals surface area contributed by atoms with Crippen molar-refractivity contribution < 1.29 is 0 Å². The fraction of sp³-hybridized carbons (Fsp3) is 0.583. The molecule has 8 nitrogen and oxygen atoms in total. The highest BCUT2D eigenvalue weighted by atomic mass is 32.2. The maximum Gasteiger partial charge on any atom is 0.231 e. The lowest BCUT2D eigenvalue weighted by atomic mass is 10.4. The van der Waals surface area contributed by atoms with E-state index in [1.165, 1.54) is 30.9 Å². The van der Waals surface area contributed by atoms with Crippen LogP contribution >= 0.6 is 11.8 Å². The van der Waals surface area contributed by atoms with E-state index in [9.17, 15) is 0 Å². The number of hydrogen-bond acceptors (Lipinski definition) is 8. The molecule has 0 aliphatic carbocycles. The van der Waals surface area contributed by atoms with Gasteiger partial charge in [-0.1, -0.05) is 6.92 Å². The zero-order valence-electron chi connectivity index (χ0n) is 11.9. The third-order valence-corrected chi connectivity index (χ3v) is 3.86. The van der Waals surface area contributed by atoms with Crippen molar-refractivity contribution in [3.05, 3.63) is 6.33 Å². The summed E-state index contributed by atoms with van der Waals surface area (Å²) in [6, 6.07) is 0. The summed E-state index contributed by atoms with van der Waals surface area (Å²) in [6.45, 7) is 4.96. The molecular formula is C12H18N8S. The highest BCUT2D eigenvalue weighted by molar-refractivity contribution is 7.99. The van der Waals surface area contributed by atoms with Crippen molar-refractivity contribution in [3.63, 3.8) is 0 Å². The smallest absolute Gasteiger partial charge is 0.231 e. The van der Waals surface area contributed by atoms with E-state index < -0.39 is 0 Å². The fourth-order valence-electron chi connectivity index (χ4n) is 2.10. The van der Waals surface area contributed by atoms with Crippen LogP contribution in [0.15, 0.2) is 16.6 Å². The Morgan fingerprint density at radius 1 is 1.29 bits per heavy atom. The molecule has 0 atom stereocenters. The molecule has 0 spiro atoms. The maximum absolute atomic E-state index is 4.54. The number of anilines is 2. The first kappa shape index (κ1) is 14.1. The number of nitrogens with zero attached hydrogens (tertiary/aromatic N) is 6. The normalized spacial score (nSPS) is 14.6. The molecule has 0 radical (unpaired) electrons. The number of aromatic nitrogens is 6. The lowest BCUT2D eigenvalue weighted by Crippen LogP contribution is -2.22. The molecule has 9 heteroatoms. The standard InChI is InChI=1S/C12H18N8S/c1-2-5-13-9-16-10(20-6-3-4-7-20)18-12(17-9)21-11-14-8-15-19-11/h8H,2-7H2,1H3,(H,14,15,19)(H,13,16,17,18). The number of rotatable bonds is 6. The second-order valence-corrected chi connectivity index (χ2v) is 5.71. The Bertz CT molecular complexity index is 567. The van der Waals surface area contributed by atoms with Gasteiger partial charge in [-0.05, 0) is 31.0 Å². The van der Waals surface area contributed by atoms with Crippen LogP contribution in [0.4, 0.5) is 11.9 Å². The zero-order chi connectivity index (χ0) is 14.5. The molecule has 2 aromatic rings. The molecule has 0 amide bonds. The van der Waals surface area contributed by atoms with Crippen LogP contribution in [0.5, 0.6) is 0 Å². The number of hydrogen-bond donors (Lipinski definition) is 2. The summed E-state index contributed by atoms with van der Waals surface area (Å²) in [4.78, 5) is 19.8. The van der Waals surface area contributed by atoms with E-state index >= 15 is 0 Å². The van der Waals surface area contributed by atoms with E-state index in [1.807, 2.05) is 0 Å². The maximum atomic E-state index is 4.54. The second kappa shape index (κ2) is 6.70. The van der Waals surface area contributed by atoms with E-state index in [2.05, 4.69) is 47.3 Å². The monoisotopic (exact) mass is 306 g/mol. The van der Waals surface area contributed by atoms with E-state index in [0.717, 1.165) is 32.0 Å². The molecule has 3 rings (SSSR count). The Hall–Kier alpha value is -1.90. The van der Waals surface area contributed by atoms with Crippen LogP contribution in [-0.4, -0.2) is 49.8 Å². The Labute approximate surface area is 127 Å². The minimum atomic E-state index is 0.621. The van der Waals surface area contributed by atoms with Crippen molar-refractivity contribution in [1.82, 2.24) is 30.1 Å². The Morgan fingerprint density at radius 2 is 2.14 bits per heavy atom. The van der Waals surface area contributed by atoms with E-state index in [1.54, 1.807) is 0 Å². The third kappa shape index (κ3) is 3.60. The van der Waals surface area contributed by atoms with Crippen molar-refractivity contribution in [2.45, 2.75) is 36.5 Å². The largest absolute Gasteiger partial charge is 0.354 e. The van der Waals surface area contributed by atoms with E-state index in [-0.39, 0.29) is 0 Å². The van der Waals surface area contributed by atoms with Crippen LogP contribution in [0.3, 0.4) is 0 Å². The summed E-state index contributed by atoms with van der Waals surface area (Å²) >= 11 is 1.36. The summed E-state index contributed by atoms with van der Waals surface area (Å²) in [7, 11) is 0. The Kier molecular flexibility index (Phi) is 4.49. The molecule has 1 fully saturated rings. The van der Waals surface area contributed by atoms with Gasteiger partial charge in [-0.25, -0.2) is 4.98 Å². The first-order valence-corrected chi connectivity index (χ1v) is 7.95. The predicted molar refractivity (Wildman–Crippen MR) is 80.6 cm³/mol. The molecule has 1 saturated heterocycles. The number of nitrogens with one attached hydrogen (secondary N) is 2. The third-order valence-electron chi connectivity index (χ3n) is 3.11. The molecule has 1 aliphatic rings. The van der Waals surface area contributed by atoms with Gasteiger partial charge in [0.2, 0.25) is 17.1 Å². The lowest BCUT2D eigenvalue weighted by Gasteiger charge is -2.16. The molecule has 0 saturated carbocycles. The van der Waals surface area contributed by atoms with Crippen LogP contribution in [0, 0.1) is 0 Å².